The second-order valence-corrected chi connectivity index (χ2v) is 21.2. The monoisotopic (exact) mass is 1030 g/mol. The van der Waals surface area contributed by atoms with Crippen molar-refractivity contribution in [3.8, 4) is 0 Å². The third-order valence-electron chi connectivity index (χ3n) is 14.6. The minimum atomic E-state index is -1.76. The highest BCUT2D eigenvalue weighted by Crippen LogP contribution is 2.27. The number of carbonyl (C=O) groups excluding carboxylic acids is 2. The number of hydrogen-bond acceptors (Lipinski definition) is 15. The zero-order valence-corrected chi connectivity index (χ0v) is 45.4. The Balaban J connectivity index is 1.74. The first-order chi connectivity index (χ1) is 35.0. The predicted molar refractivity (Wildman–Crippen MR) is 280 cm³/mol. The molecule has 2 rings (SSSR count). The molecule has 0 amide bonds. The van der Waals surface area contributed by atoms with Gasteiger partial charge in [0, 0.05) is 12.8 Å². The molecule has 4 unspecified atom stereocenters. The topological polar surface area (TPSA) is 231 Å². The SMILES string of the molecule is CCCCCCCCCCCCCCCCCCCCCCC(=O)O[C@H](COC(=O)CCCCCCCCCCCCCCCCCC)CO[C@H]1O[C@@H](CO[C@H]2O[C@@H](CO)[C@@H](O)C(O)C2O)[C@@H](O)C(O)C1O. The Morgan fingerprint density at radius 2 is 0.708 bits per heavy atom. The maximum atomic E-state index is 13.1. The second-order valence-electron chi connectivity index (χ2n) is 21.2. The molecule has 0 saturated carbocycles. The maximum absolute atomic E-state index is 13.1. The maximum Gasteiger partial charge on any atom is 0.306 e. The second kappa shape index (κ2) is 44.6. The molecule has 0 radical (unpaired) electrons. The van der Waals surface area contributed by atoms with Crippen molar-refractivity contribution < 1.29 is 73.8 Å². The molecule has 0 aromatic carbocycles. The summed E-state index contributed by atoms with van der Waals surface area (Å²) in [5.41, 5.74) is 0. The summed E-state index contributed by atoms with van der Waals surface area (Å²) in [6.07, 6.45) is 28.4. The minimum Gasteiger partial charge on any atom is -0.462 e. The molecule has 0 aromatic heterocycles. The Morgan fingerprint density at radius 1 is 0.389 bits per heavy atom. The van der Waals surface area contributed by atoms with E-state index < -0.39 is 92.7 Å². The van der Waals surface area contributed by atoms with E-state index in [0.29, 0.717) is 12.8 Å². The number of hydrogen-bond donors (Lipinski definition) is 7. The van der Waals surface area contributed by atoms with Crippen LogP contribution in [0, 0.1) is 0 Å². The van der Waals surface area contributed by atoms with Gasteiger partial charge in [-0.15, -0.1) is 0 Å². The van der Waals surface area contributed by atoms with Crippen LogP contribution in [0.5, 0.6) is 0 Å². The molecule has 15 heteroatoms. The van der Waals surface area contributed by atoms with Gasteiger partial charge in [-0.1, -0.05) is 232 Å². The van der Waals surface area contributed by atoms with Crippen LogP contribution in [0.2, 0.25) is 0 Å². The lowest BCUT2D eigenvalue weighted by Gasteiger charge is -2.42. The average molecular weight is 1030 g/mol. The molecule has 426 valence electrons. The lowest BCUT2D eigenvalue weighted by atomic mass is 9.98. The van der Waals surface area contributed by atoms with Crippen LogP contribution in [0.1, 0.15) is 258 Å². The number of aliphatic hydroxyl groups is 7. The molecular formula is C57H108O15. The highest BCUT2D eigenvalue weighted by molar-refractivity contribution is 5.70. The molecule has 72 heavy (non-hydrogen) atoms. The molecule has 0 aliphatic carbocycles. The van der Waals surface area contributed by atoms with E-state index in [2.05, 4.69) is 13.8 Å². The zero-order valence-electron chi connectivity index (χ0n) is 45.4. The van der Waals surface area contributed by atoms with E-state index in [1.807, 2.05) is 0 Å². The Bertz CT molecular complexity index is 1260. The number of esters is 2. The number of ether oxygens (including phenoxy) is 6. The Hall–Kier alpha value is -1.50. The zero-order chi connectivity index (χ0) is 52.4. The van der Waals surface area contributed by atoms with Gasteiger partial charge in [0.15, 0.2) is 18.7 Å². The Kier molecular flexibility index (Phi) is 41.3. The van der Waals surface area contributed by atoms with E-state index in [4.69, 9.17) is 28.4 Å². The standard InChI is InChI=1S/C57H108O15/c1-3-5-7-9-11-13-15-17-19-21-22-23-24-26-28-30-32-34-36-38-40-49(60)70-45(42-67-48(59)39-37-35-33-31-29-27-25-20-18-16-14-12-10-8-6-4-2)43-68-56-55(66)53(64)51(62)47(72-56)44-69-57-54(65)52(63)50(61)46(41-58)71-57/h45-47,50-58,61-66H,3-44H2,1-2H3/t45-,46+,47+,50-,51-,52?,53?,54?,55?,56+,57+/m1/s1. The van der Waals surface area contributed by atoms with Crippen LogP contribution in [0.3, 0.4) is 0 Å². The van der Waals surface area contributed by atoms with Crippen LogP contribution < -0.4 is 0 Å². The molecule has 0 bridgehead atoms. The van der Waals surface area contributed by atoms with Crippen LogP contribution in [0.25, 0.3) is 0 Å². The lowest BCUT2D eigenvalue weighted by Crippen LogP contribution is -2.61. The quantitative estimate of drug-likeness (QED) is 0.0222. The third kappa shape index (κ3) is 31.5. The van der Waals surface area contributed by atoms with Gasteiger partial charge in [0.05, 0.1) is 19.8 Å². The summed E-state index contributed by atoms with van der Waals surface area (Å²) < 4.78 is 33.7. The van der Waals surface area contributed by atoms with Gasteiger partial charge in [-0.3, -0.25) is 9.59 Å². The number of rotatable bonds is 48. The van der Waals surface area contributed by atoms with Crippen LogP contribution >= 0.6 is 0 Å². The Labute approximate surface area is 436 Å². The first kappa shape index (κ1) is 66.6. The first-order valence-corrected chi connectivity index (χ1v) is 29.6. The van der Waals surface area contributed by atoms with Gasteiger partial charge in [-0.2, -0.15) is 0 Å². The fraction of sp³-hybridized carbons (Fsp3) is 0.965. The fourth-order valence-electron chi connectivity index (χ4n) is 9.75. The summed E-state index contributed by atoms with van der Waals surface area (Å²) >= 11 is 0. The van der Waals surface area contributed by atoms with E-state index in [0.717, 1.165) is 38.5 Å². The summed E-state index contributed by atoms with van der Waals surface area (Å²) in [5, 5.41) is 72.3. The molecule has 7 N–H and O–H groups in total. The van der Waals surface area contributed by atoms with E-state index in [-0.39, 0.29) is 26.1 Å². The van der Waals surface area contributed by atoms with Crippen molar-refractivity contribution in [3.63, 3.8) is 0 Å². The van der Waals surface area contributed by atoms with Crippen molar-refractivity contribution in [1.29, 1.82) is 0 Å². The summed E-state index contributed by atoms with van der Waals surface area (Å²) in [6, 6.07) is 0. The molecule has 11 atom stereocenters. The molecule has 2 saturated heterocycles. The van der Waals surface area contributed by atoms with Crippen molar-refractivity contribution in [2.45, 2.75) is 325 Å². The van der Waals surface area contributed by atoms with Crippen molar-refractivity contribution >= 4 is 11.9 Å². The van der Waals surface area contributed by atoms with Crippen LogP contribution in [-0.4, -0.2) is 142 Å². The largest absolute Gasteiger partial charge is 0.462 e. The number of unbranched alkanes of at least 4 members (excludes halogenated alkanes) is 34. The van der Waals surface area contributed by atoms with E-state index in [9.17, 15) is 45.3 Å². The molecule has 15 nitrogen and oxygen atoms in total. The van der Waals surface area contributed by atoms with Gasteiger partial charge in [-0.05, 0) is 12.8 Å². The minimum absolute atomic E-state index is 0.174. The highest BCUT2D eigenvalue weighted by atomic mass is 16.7. The van der Waals surface area contributed by atoms with Crippen LogP contribution in [0.15, 0.2) is 0 Å². The van der Waals surface area contributed by atoms with E-state index in [1.54, 1.807) is 0 Å². The average Bonchev–Trinajstić information content (AvgIpc) is 3.37. The van der Waals surface area contributed by atoms with Crippen molar-refractivity contribution in [2.75, 3.05) is 26.4 Å². The van der Waals surface area contributed by atoms with Crippen LogP contribution in [0.4, 0.5) is 0 Å². The normalized spacial score (nSPS) is 24.9. The van der Waals surface area contributed by atoms with Gasteiger partial charge in [0.25, 0.3) is 0 Å². The van der Waals surface area contributed by atoms with Gasteiger partial charge in [0.1, 0.15) is 55.4 Å². The highest BCUT2D eigenvalue weighted by Gasteiger charge is 2.47. The van der Waals surface area contributed by atoms with Crippen molar-refractivity contribution in [2.24, 2.45) is 0 Å². The molecular weight excluding hydrogens is 925 g/mol. The number of aliphatic hydroxyl groups excluding tert-OH is 7. The molecule has 2 aliphatic heterocycles. The smallest absolute Gasteiger partial charge is 0.306 e. The summed E-state index contributed by atoms with van der Waals surface area (Å²) in [6.45, 7) is 2.66. The van der Waals surface area contributed by atoms with Crippen molar-refractivity contribution in [1.82, 2.24) is 0 Å². The first-order valence-electron chi connectivity index (χ1n) is 29.6. The van der Waals surface area contributed by atoms with E-state index in [1.165, 1.54) is 180 Å². The van der Waals surface area contributed by atoms with Gasteiger partial charge < -0.3 is 64.2 Å². The molecule has 2 heterocycles. The summed E-state index contributed by atoms with van der Waals surface area (Å²) in [4.78, 5) is 25.9. The fourth-order valence-corrected chi connectivity index (χ4v) is 9.75. The van der Waals surface area contributed by atoms with Gasteiger partial charge in [-0.25, -0.2) is 0 Å². The summed E-state index contributed by atoms with van der Waals surface area (Å²) in [5.74, 6) is -0.903. The number of carbonyl (C=O) groups is 2. The van der Waals surface area contributed by atoms with Gasteiger partial charge in [0.2, 0.25) is 0 Å². The van der Waals surface area contributed by atoms with Crippen molar-refractivity contribution in [3.05, 3.63) is 0 Å². The molecule has 2 aliphatic rings. The third-order valence-corrected chi connectivity index (χ3v) is 14.6. The van der Waals surface area contributed by atoms with Crippen LogP contribution in [-0.2, 0) is 38.0 Å². The van der Waals surface area contributed by atoms with Gasteiger partial charge >= 0.3 is 11.9 Å². The molecule has 0 aromatic rings. The molecule has 2 fully saturated rings. The molecule has 0 spiro atoms. The predicted octanol–water partition coefficient (Wildman–Crippen LogP) is 9.95. The van der Waals surface area contributed by atoms with E-state index >= 15 is 0 Å². The summed E-state index contributed by atoms with van der Waals surface area (Å²) in [7, 11) is 0. The lowest BCUT2D eigenvalue weighted by molar-refractivity contribution is -0.332. The Morgan fingerprint density at radius 3 is 1.08 bits per heavy atom.